The zero-order chi connectivity index (χ0) is 11.3. The van der Waals surface area contributed by atoms with E-state index in [2.05, 4.69) is 5.32 Å². The van der Waals surface area contributed by atoms with Gasteiger partial charge in [-0.15, -0.1) is 0 Å². The summed E-state index contributed by atoms with van der Waals surface area (Å²) in [6.07, 6.45) is -0.307. The monoisotopic (exact) mass is 249 g/mol. The van der Waals surface area contributed by atoms with E-state index >= 15 is 0 Å². The van der Waals surface area contributed by atoms with E-state index in [1.165, 1.54) is 11.5 Å². The van der Waals surface area contributed by atoms with Gasteiger partial charge in [-0.2, -0.15) is 23.5 Å². The molecule has 1 rings (SSSR count). The number of nitrogens with one attached hydrogen (secondary N) is 1. The SMILES string of the molecule is CC(C)(C)OC(=O)NCC1CSCCS1. The molecule has 0 spiro atoms. The maximum Gasteiger partial charge on any atom is 0.407 e. The van der Waals surface area contributed by atoms with Crippen LogP contribution in [0.5, 0.6) is 0 Å². The number of carbonyl (C=O) groups is 1. The summed E-state index contributed by atoms with van der Waals surface area (Å²) < 4.78 is 5.16. The van der Waals surface area contributed by atoms with Crippen LogP contribution in [0, 0.1) is 0 Å². The molecular weight excluding hydrogens is 230 g/mol. The van der Waals surface area contributed by atoms with Gasteiger partial charge in [0.1, 0.15) is 5.60 Å². The van der Waals surface area contributed by atoms with Gasteiger partial charge in [0.05, 0.1) is 0 Å². The third-order valence-corrected chi connectivity index (χ3v) is 4.60. The van der Waals surface area contributed by atoms with Crippen molar-refractivity contribution in [2.45, 2.75) is 31.6 Å². The van der Waals surface area contributed by atoms with Crippen molar-refractivity contribution in [1.82, 2.24) is 5.32 Å². The van der Waals surface area contributed by atoms with Crippen LogP contribution in [0.4, 0.5) is 4.79 Å². The Morgan fingerprint density at radius 3 is 2.73 bits per heavy atom. The minimum absolute atomic E-state index is 0.307. The molecule has 1 saturated heterocycles. The third-order valence-electron chi connectivity index (χ3n) is 1.76. The summed E-state index contributed by atoms with van der Waals surface area (Å²) in [4.78, 5) is 11.4. The van der Waals surface area contributed by atoms with Crippen LogP contribution in [0.3, 0.4) is 0 Å². The van der Waals surface area contributed by atoms with E-state index in [9.17, 15) is 4.79 Å². The number of amides is 1. The number of thioether (sulfide) groups is 2. The van der Waals surface area contributed by atoms with Gasteiger partial charge in [0.2, 0.25) is 0 Å². The second-order valence-corrected chi connectivity index (χ2v) is 7.01. The molecule has 1 aliphatic heterocycles. The molecule has 1 atom stereocenters. The third kappa shape index (κ3) is 6.20. The Bertz CT molecular complexity index is 210. The molecule has 0 aromatic rings. The Labute approximate surface area is 100 Å². The summed E-state index contributed by atoms with van der Waals surface area (Å²) in [6, 6.07) is 0. The Balaban J connectivity index is 2.15. The first-order valence-electron chi connectivity index (χ1n) is 5.13. The van der Waals surface area contributed by atoms with E-state index in [-0.39, 0.29) is 6.09 Å². The molecule has 1 N–H and O–H groups in total. The van der Waals surface area contributed by atoms with Crippen molar-refractivity contribution in [3.8, 4) is 0 Å². The van der Waals surface area contributed by atoms with Crippen LogP contribution >= 0.6 is 23.5 Å². The summed E-state index contributed by atoms with van der Waals surface area (Å²) in [7, 11) is 0. The second kappa shape index (κ2) is 5.89. The minimum Gasteiger partial charge on any atom is -0.444 e. The van der Waals surface area contributed by atoms with Crippen molar-refractivity contribution in [3.63, 3.8) is 0 Å². The summed E-state index contributed by atoms with van der Waals surface area (Å²) in [6.45, 7) is 6.33. The van der Waals surface area contributed by atoms with Crippen LogP contribution in [0.2, 0.25) is 0 Å². The standard InChI is InChI=1S/C10H19NO2S2/c1-10(2,3)13-9(12)11-6-8-7-14-4-5-15-8/h8H,4-7H2,1-3H3,(H,11,12). The fourth-order valence-electron chi connectivity index (χ4n) is 1.17. The highest BCUT2D eigenvalue weighted by molar-refractivity contribution is 8.06. The lowest BCUT2D eigenvalue weighted by atomic mass is 10.2. The first kappa shape index (κ1) is 13.0. The smallest absolute Gasteiger partial charge is 0.407 e. The number of hydrogen-bond donors (Lipinski definition) is 1. The van der Waals surface area contributed by atoms with Gasteiger partial charge in [-0.1, -0.05) is 0 Å². The molecule has 1 heterocycles. The Morgan fingerprint density at radius 1 is 1.47 bits per heavy atom. The lowest BCUT2D eigenvalue weighted by molar-refractivity contribution is 0.0528. The van der Waals surface area contributed by atoms with Gasteiger partial charge in [0.25, 0.3) is 0 Å². The summed E-state index contributed by atoms with van der Waals surface area (Å²) in [5, 5.41) is 3.35. The molecule has 1 aliphatic rings. The number of rotatable bonds is 2. The average molecular weight is 249 g/mol. The van der Waals surface area contributed by atoms with Crippen molar-refractivity contribution in [2.75, 3.05) is 23.8 Å². The molecule has 0 saturated carbocycles. The number of hydrogen-bond acceptors (Lipinski definition) is 4. The fraction of sp³-hybridized carbons (Fsp3) is 0.900. The quantitative estimate of drug-likeness (QED) is 0.815. The van der Waals surface area contributed by atoms with Crippen LogP contribution in [0.25, 0.3) is 0 Å². The molecular formula is C10H19NO2S2. The normalized spacial score (nSPS) is 22.2. The Morgan fingerprint density at radius 2 is 2.20 bits per heavy atom. The molecule has 1 amide bonds. The van der Waals surface area contributed by atoms with Gasteiger partial charge in [-0.3, -0.25) is 0 Å². The van der Waals surface area contributed by atoms with Crippen LogP contribution in [-0.2, 0) is 4.74 Å². The molecule has 0 bridgehead atoms. The van der Waals surface area contributed by atoms with Gasteiger partial charge in [-0.05, 0) is 20.8 Å². The lowest BCUT2D eigenvalue weighted by Gasteiger charge is -2.23. The van der Waals surface area contributed by atoms with Gasteiger partial charge >= 0.3 is 6.09 Å². The van der Waals surface area contributed by atoms with Gasteiger partial charge in [-0.25, -0.2) is 4.79 Å². The van der Waals surface area contributed by atoms with E-state index in [1.807, 2.05) is 44.3 Å². The van der Waals surface area contributed by atoms with Crippen molar-refractivity contribution < 1.29 is 9.53 Å². The van der Waals surface area contributed by atoms with Crippen molar-refractivity contribution in [3.05, 3.63) is 0 Å². The summed E-state index contributed by atoms with van der Waals surface area (Å²) in [5.74, 6) is 3.54. The predicted octanol–water partition coefficient (Wildman–Crippen LogP) is 2.36. The number of carbonyl (C=O) groups excluding carboxylic acids is 1. The zero-order valence-electron chi connectivity index (χ0n) is 9.54. The molecule has 1 unspecified atom stereocenters. The molecule has 0 aromatic carbocycles. The highest BCUT2D eigenvalue weighted by Gasteiger charge is 2.18. The molecule has 0 aromatic heterocycles. The van der Waals surface area contributed by atoms with Crippen LogP contribution in [0.1, 0.15) is 20.8 Å². The minimum atomic E-state index is -0.404. The Hall–Kier alpha value is -0.0300. The van der Waals surface area contributed by atoms with Crippen molar-refractivity contribution in [1.29, 1.82) is 0 Å². The van der Waals surface area contributed by atoms with Crippen LogP contribution < -0.4 is 5.32 Å². The van der Waals surface area contributed by atoms with Crippen LogP contribution in [-0.4, -0.2) is 40.7 Å². The Kier molecular flexibility index (Phi) is 5.12. The van der Waals surface area contributed by atoms with Gasteiger partial charge < -0.3 is 10.1 Å². The second-order valence-electron chi connectivity index (χ2n) is 4.45. The number of alkyl carbamates (subject to hydrolysis) is 1. The van der Waals surface area contributed by atoms with Gasteiger partial charge in [0, 0.05) is 29.1 Å². The molecule has 88 valence electrons. The van der Waals surface area contributed by atoms with Gasteiger partial charge in [0.15, 0.2) is 0 Å². The molecule has 5 heteroatoms. The largest absolute Gasteiger partial charge is 0.444 e. The van der Waals surface area contributed by atoms with Crippen molar-refractivity contribution in [2.24, 2.45) is 0 Å². The topological polar surface area (TPSA) is 38.3 Å². The van der Waals surface area contributed by atoms with Crippen LogP contribution in [0.15, 0.2) is 0 Å². The predicted molar refractivity (Wildman–Crippen MR) is 67.8 cm³/mol. The van der Waals surface area contributed by atoms with Crippen molar-refractivity contribution >= 4 is 29.6 Å². The zero-order valence-corrected chi connectivity index (χ0v) is 11.2. The maximum atomic E-state index is 11.4. The first-order valence-corrected chi connectivity index (χ1v) is 7.34. The van der Waals surface area contributed by atoms with E-state index in [0.29, 0.717) is 11.8 Å². The highest BCUT2D eigenvalue weighted by atomic mass is 32.2. The first-order chi connectivity index (χ1) is 6.97. The fourth-order valence-corrected chi connectivity index (χ4v) is 3.78. The lowest BCUT2D eigenvalue weighted by Crippen LogP contribution is -2.37. The van der Waals surface area contributed by atoms with E-state index in [4.69, 9.17) is 4.74 Å². The number of ether oxygens (including phenoxy) is 1. The highest BCUT2D eigenvalue weighted by Crippen LogP contribution is 2.23. The maximum absolute atomic E-state index is 11.4. The molecule has 0 aliphatic carbocycles. The average Bonchev–Trinajstić information content (AvgIpc) is 2.14. The molecule has 0 radical (unpaired) electrons. The summed E-state index contributed by atoms with van der Waals surface area (Å²) >= 11 is 3.89. The van der Waals surface area contributed by atoms with E-state index in [0.717, 1.165) is 5.75 Å². The summed E-state index contributed by atoms with van der Waals surface area (Å²) in [5.41, 5.74) is -0.404. The molecule has 1 fully saturated rings. The molecule has 3 nitrogen and oxygen atoms in total. The van der Waals surface area contributed by atoms with E-state index in [1.54, 1.807) is 0 Å². The van der Waals surface area contributed by atoms with E-state index < -0.39 is 5.60 Å². The molecule has 15 heavy (non-hydrogen) atoms.